The molecule has 0 aliphatic rings. The van der Waals surface area contributed by atoms with Gasteiger partial charge in [-0.15, -0.1) is 11.3 Å². The highest BCUT2D eigenvalue weighted by Gasteiger charge is 2.10. The molecule has 10 heteroatoms. The van der Waals surface area contributed by atoms with Gasteiger partial charge in [-0.05, 0) is 0 Å². The number of aromatic amines is 1. The highest BCUT2D eigenvalue weighted by molar-refractivity contribution is 7.09. The average Bonchev–Trinajstić information content (AvgIpc) is 2.90. The number of nitrogens with zero attached hydrogens (tertiary/aromatic N) is 2. The summed E-state index contributed by atoms with van der Waals surface area (Å²) in [5.41, 5.74) is -1.09. The third-order valence-corrected chi connectivity index (χ3v) is 3.25. The summed E-state index contributed by atoms with van der Waals surface area (Å²) in [6.45, 7) is -0.297. The molecule has 9 nitrogen and oxygen atoms in total. The lowest BCUT2D eigenvalue weighted by atomic mass is 10.5. The van der Waals surface area contributed by atoms with Gasteiger partial charge in [0.1, 0.15) is 11.6 Å². The number of hydrogen-bond acceptors (Lipinski definition) is 6. The second-order valence-corrected chi connectivity index (χ2v) is 4.88. The molecule has 2 aromatic heterocycles. The first-order valence-corrected chi connectivity index (χ1v) is 6.58. The highest BCUT2D eigenvalue weighted by atomic mass is 32.1. The fourth-order valence-electron chi connectivity index (χ4n) is 1.44. The number of carbonyl (C=O) groups is 2. The van der Waals surface area contributed by atoms with Gasteiger partial charge < -0.3 is 10.4 Å². The van der Waals surface area contributed by atoms with Crippen LogP contribution in [0.3, 0.4) is 0 Å². The molecule has 2 aromatic rings. The number of carboxylic acids is 1. The van der Waals surface area contributed by atoms with E-state index in [1.807, 2.05) is 0 Å². The van der Waals surface area contributed by atoms with Gasteiger partial charge in [0.05, 0.1) is 6.54 Å². The molecule has 0 atom stereocenters. The summed E-state index contributed by atoms with van der Waals surface area (Å²) in [7, 11) is 0. The van der Waals surface area contributed by atoms with Crippen molar-refractivity contribution in [3.05, 3.63) is 48.9 Å². The minimum absolute atomic E-state index is 0.0442. The smallest absolute Gasteiger partial charge is 0.355 e. The summed E-state index contributed by atoms with van der Waals surface area (Å²) >= 11 is 1.10. The molecular weight excluding hydrogens is 300 g/mol. The zero-order valence-corrected chi connectivity index (χ0v) is 11.3. The number of rotatable bonds is 5. The lowest BCUT2D eigenvalue weighted by Gasteiger charge is -2.05. The Kier molecular flexibility index (Phi) is 4.28. The van der Waals surface area contributed by atoms with Gasteiger partial charge in [-0.2, -0.15) is 0 Å². The van der Waals surface area contributed by atoms with Crippen molar-refractivity contribution < 1.29 is 14.7 Å². The standard InChI is InChI=1S/C11H10N4O5S/c16-7-1-2-10(18)15(14-7)4-8(17)12-3-9-13-6(5-21-9)11(19)20/h1-2,5H,3-4H2,(H,12,17)(H,14,16)(H,19,20). The van der Waals surface area contributed by atoms with Crippen LogP contribution in [0.4, 0.5) is 0 Å². The van der Waals surface area contributed by atoms with E-state index in [1.165, 1.54) is 5.38 Å². The lowest BCUT2D eigenvalue weighted by Crippen LogP contribution is -2.35. The van der Waals surface area contributed by atoms with Gasteiger partial charge in [0, 0.05) is 17.5 Å². The van der Waals surface area contributed by atoms with Crippen LogP contribution in [-0.2, 0) is 17.9 Å². The maximum Gasteiger partial charge on any atom is 0.355 e. The molecule has 0 radical (unpaired) electrons. The van der Waals surface area contributed by atoms with Crippen molar-refractivity contribution in [1.82, 2.24) is 20.1 Å². The Balaban J connectivity index is 1.95. The van der Waals surface area contributed by atoms with Gasteiger partial charge in [0.2, 0.25) is 5.91 Å². The third-order valence-electron chi connectivity index (χ3n) is 2.40. The van der Waals surface area contributed by atoms with Crippen LogP contribution in [0.5, 0.6) is 0 Å². The zero-order valence-electron chi connectivity index (χ0n) is 10.5. The van der Waals surface area contributed by atoms with E-state index in [1.54, 1.807) is 0 Å². The normalized spacial score (nSPS) is 10.3. The Labute approximate surface area is 120 Å². The summed E-state index contributed by atoms with van der Waals surface area (Å²) < 4.78 is 0.877. The molecule has 0 bridgehead atoms. The van der Waals surface area contributed by atoms with Crippen LogP contribution in [0.2, 0.25) is 0 Å². The summed E-state index contributed by atoms with van der Waals surface area (Å²) in [6, 6.07) is 2.13. The number of aromatic nitrogens is 3. The first kappa shape index (κ1) is 14.7. The van der Waals surface area contributed by atoms with Crippen LogP contribution >= 0.6 is 11.3 Å². The lowest BCUT2D eigenvalue weighted by molar-refractivity contribution is -0.122. The molecule has 0 saturated heterocycles. The SMILES string of the molecule is O=C(Cn1[nH]c(=O)ccc1=O)NCc1nc(C(=O)O)cs1. The first-order valence-electron chi connectivity index (χ1n) is 5.70. The number of carboxylic acid groups (broad SMARTS) is 1. The van der Waals surface area contributed by atoms with Gasteiger partial charge in [0.15, 0.2) is 5.69 Å². The van der Waals surface area contributed by atoms with Gasteiger partial charge in [-0.1, -0.05) is 0 Å². The van der Waals surface area contributed by atoms with Gasteiger partial charge in [0.25, 0.3) is 11.1 Å². The van der Waals surface area contributed by atoms with E-state index >= 15 is 0 Å². The maximum absolute atomic E-state index is 11.7. The molecule has 0 aliphatic heterocycles. The van der Waals surface area contributed by atoms with Gasteiger partial charge >= 0.3 is 5.97 Å². The third kappa shape index (κ3) is 3.86. The Morgan fingerprint density at radius 2 is 2.14 bits per heavy atom. The number of hydrogen-bond donors (Lipinski definition) is 3. The minimum atomic E-state index is -1.14. The van der Waals surface area contributed by atoms with Crippen LogP contribution in [0, 0.1) is 0 Å². The second kappa shape index (κ2) is 6.13. The maximum atomic E-state index is 11.7. The van der Waals surface area contributed by atoms with Crippen molar-refractivity contribution >= 4 is 23.2 Å². The van der Waals surface area contributed by atoms with Crippen molar-refractivity contribution in [2.24, 2.45) is 0 Å². The number of nitrogens with one attached hydrogen (secondary N) is 2. The van der Waals surface area contributed by atoms with E-state index in [2.05, 4.69) is 15.4 Å². The van der Waals surface area contributed by atoms with E-state index in [0.717, 1.165) is 28.2 Å². The number of amides is 1. The molecule has 110 valence electrons. The predicted octanol–water partition coefficient (Wildman–Crippen LogP) is -0.992. The monoisotopic (exact) mass is 310 g/mol. The molecule has 0 fully saturated rings. The Hall–Kier alpha value is -2.75. The molecule has 0 unspecified atom stereocenters. The molecule has 0 spiro atoms. The summed E-state index contributed by atoms with van der Waals surface area (Å²) in [5.74, 6) is -1.65. The molecule has 0 saturated carbocycles. The molecule has 2 rings (SSSR count). The quantitative estimate of drug-likeness (QED) is 0.649. The zero-order chi connectivity index (χ0) is 15.4. The van der Waals surface area contributed by atoms with Crippen LogP contribution in [0.25, 0.3) is 0 Å². The van der Waals surface area contributed by atoms with Crippen molar-refractivity contribution in [3.8, 4) is 0 Å². The fraction of sp³-hybridized carbons (Fsp3) is 0.182. The summed E-state index contributed by atoms with van der Waals surface area (Å²) in [5, 5.41) is 15.2. The number of aromatic carboxylic acids is 1. The Morgan fingerprint density at radius 3 is 2.81 bits per heavy atom. The Morgan fingerprint density at radius 1 is 1.38 bits per heavy atom. The van der Waals surface area contributed by atoms with E-state index in [4.69, 9.17) is 5.11 Å². The van der Waals surface area contributed by atoms with Gasteiger partial charge in [-0.3, -0.25) is 19.5 Å². The second-order valence-electron chi connectivity index (χ2n) is 3.94. The number of H-pyrrole nitrogens is 1. The van der Waals surface area contributed by atoms with Gasteiger partial charge in [-0.25, -0.2) is 14.5 Å². The van der Waals surface area contributed by atoms with Crippen molar-refractivity contribution in [2.75, 3.05) is 0 Å². The predicted molar refractivity (Wildman–Crippen MR) is 72.2 cm³/mol. The molecule has 0 aliphatic carbocycles. The largest absolute Gasteiger partial charge is 0.476 e. The van der Waals surface area contributed by atoms with Crippen LogP contribution in [0.15, 0.2) is 27.1 Å². The van der Waals surface area contributed by atoms with Crippen LogP contribution in [-0.4, -0.2) is 31.7 Å². The molecule has 3 N–H and O–H groups in total. The average molecular weight is 310 g/mol. The topological polar surface area (TPSA) is 134 Å². The highest BCUT2D eigenvalue weighted by Crippen LogP contribution is 2.09. The number of carbonyl (C=O) groups excluding carboxylic acids is 1. The van der Waals surface area contributed by atoms with Crippen LogP contribution < -0.4 is 16.4 Å². The van der Waals surface area contributed by atoms with E-state index < -0.39 is 23.0 Å². The first-order chi connectivity index (χ1) is 9.95. The molecule has 0 aromatic carbocycles. The number of thiazole rings is 1. The van der Waals surface area contributed by atoms with Crippen molar-refractivity contribution in [2.45, 2.75) is 13.1 Å². The molecule has 2 heterocycles. The molecular formula is C11H10N4O5S. The van der Waals surface area contributed by atoms with Crippen molar-refractivity contribution in [3.63, 3.8) is 0 Å². The molecule has 1 amide bonds. The fourth-order valence-corrected chi connectivity index (χ4v) is 2.15. The summed E-state index contributed by atoms with van der Waals surface area (Å²) in [4.78, 5) is 48.6. The molecule has 21 heavy (non-hydrogen) atoms. The summed E-state index contributed by atoms with van der Waals surface area (Å²) in [6.07, 6.45) is 0. The van der Waals surface area contributed by atoms with E-state index in [-0.39, 0.29) is 18.8 Å². The minimum Gasteiger partial charge on any atom is -0.476 e. The Bertz CT molecular complexity index is 790. The van der Waals surface area contributed by atoms with E-state index in [9.17, 15) is 19.2 Å². The van der Waals surface area contributed by atoms with E-state index in [0.29, 0.717) is 5.01 Å². The van der Waals surface area contributed by atoms with Crippen molar-refractivity contribution in [1.29, 1.82) is 0 Å². The van der Waals surface area contributed by atoms with Crippen LogP contribution in [0.1, 0.15) is 15.5 Å².